The Balaban J connectivity index is 3.17. The molecule has 0 aliphatic carbocycles. The molecule has 5 nitrogen and oxygen atoms in total. The summed E-state index contributed by atoms with van der Waals surface area (Å²) in [6.07, 6.45) is 0. The molecule has 1 aromatic rings. The van der Waals surface area contributed by atoms with E-state index in [1.807, 2.05) is 0 Å². The van der Waals surface area contributed by atoms with Crippen molar-refractivity contribution < 1.29 is 10.2 Å². The molecule has 1 radical (unpaired) electrons. The molecule has 47 valence electrons. The summed E-state index contributed by atoms with van der Waals surface area (Å²) < 4.78 is 0. The summed E-state index contributed by atoms with van der Waals surface area (Å²) in [5, 5.41) is 17.1. The van der Waals surface area contributed by atoms with E-state index in [-0.39, 0.29) is 5.82 Å². The zero-order valence-electron chi connectivity index (χ0n) is 4.44. The molecule has 0 saturated carbocycles. The van der Waals surface area contributed by atoms with E-state index in [1.54, 1.807) is 0 Å². The standard InChI is InChI=1S/C4H4N3O2/c1-2-5-3(8)7-4(9)6-2/h1H2,(H2,5,6,7,8,9). The molecular weight excluding hydrogens is 122 g/mol. The fourth-order valence-electron chi connectivity index (χ4n) is 0.395. The predicted octanol–water partition coefficient (Wildman–Crippen LogP) is -0.535. The maximum Gasteiger partial charge on any atom is 0.320 e. The van der Waals surface area contributed by atoms with E-state index in [2.05, 4.69) is 21.9 Å². The minimum atomic E-state index is -0.521. The Morgan fingerprint density at radius 3 is 1.78 bits per heavy atom. The lowest BCUT2D eigenvalue weighted by Crippen LogP contribution is -1.89. The van der Waals surface area contributed by atoms with Gasteiger partial charge < -0.3 is 10.2 Å². The number of aromatic nitrogens is 3. The van der Waals surface area contributed by atoms with Crippen molar-refractivity contribution in [2.75, 3.05) is 0 Å². The Kier molecular flexibility index (Phi) is 1.18. The monoisotopic (exact) mass is 126 g/mol. The molecule has 0 unspecified atom stereocenters. The van der Waals surface area contributed by atoms with Crippen LogP contribution in [0.3, 0.4) is 0 Å². The van der Waals surface area contributed by atoms with Crippen LogP contribution in [0.15, 0.2) is 0 Å². The normalized spacial score (nSPS) is 9.44. The SMILES string of the molecule is [CH2]c1nc(O)nc(O)n1. The Morgan fingerprint density at radius 1 is 1.00 bits per heavy atom. The highest BCUT2D eigenvalue weighted by atomic mass is 16.3. The molecule has 0 amide bonds. The number of nitrogens with zero attached hydrogens (tertiary/aromatic N) is 3. The molecule has 0 fully saturated rings. The first-order valence-electron chi connectivity index (χ1n) is 2.14. The Hall–Kier alpha value is -1.39. The van der Waals surface area contributed by atoms with Crippen LogP contribution >= 0.6 is 0 Å². The lowest BCUT2D eigenvalue weighted by molar-refractivity contribution is 0.380. The molecule has 9 heavy (non-hydrogen) atoms. The lowest BCUT2D eigenvalue weighted by Gasteiger charge is -1.91. The fraction of sp³-hybridized carbons (Fsp3) is 0. The van der Waals surface area contributed by atoms with Gasteiger partial charge in [-0.2, -0.15) is 9.97 Å². The predicted molar refractivity (Wildman–Crippen MR) is 27.6 cm³/mol. The number of rotatable bonds is 0. The first-order valence-corrected chi connectivity index (χ1v) is 2.14. The van der Waals surface area contributed by atoms with Crippen molar-refractivity contribution in [3.8, 4) is 12.0 Å². The van der Waals surface area contributed by atoms with Gasteiger partial charge in [0.25, 0.3) is 0 Å². The van der Waals surface area contributed by atoms with Crippen molar-refractivity contribution >= 4 is 0 Å². The van der Waals surface area contributed by atoms with Gasteiger partial charge in [-0.1, -0.05) is 0 Å². The van der Waals surface area contributed by atoms with E-state index in [0.29, 0.717) is 0 Å². The second-order valence-corrected chi connectivity index (χ2v) is 1.35. The van der Waals surface area contributed by atoms with Gasteiger partial charge in [-0.05, 0) is 0 Å². The summed E-state index contributed by atoms with van der Waals surface area (Å²) in [5.41, 5.74) is 0. The highest BCUT2D eigenvalue weighted by Gasteiger charge is 1.97. The van der Waals surface area contributed by atoms with E-state index in [0.717, 1.165) is 0 Å². The highest BCUT2D eigenvalue weighted by molar-refractivity contribution is 5.03. The summed E-state index contributed by atoms with van der Waals surface area (Å²) in [4.78, 5) is 9.68. The molecule has 0 aromatic carbocycles. The molecule has 2 N–H and O–H groups in total. The smallest absolute Gasteiger partial charge is 0.320 e. The minimum absolute atomic E-state index is 0.0417. The van der Waals surface area contributed by atoms with Crippen LogP contribution in [-0.2, 0) is 0 Å². The van der Waals surface area contributed by atoms with Crippen molar-refractivity contribution in [2.45, 2.75) is 0 Å². The Labute approximate surface area is 51.0 Å². The summed E-state index contributed by atoms with van der Waals surface area (Å²) in [6.45, 7) is 3.26. The van der Waals surface area contributed by atoms with Gasteiger partial charge in [-0.3, -0.25) is 0 Å². The first-order chi connectivity index (χ1) is 4.18. The topological polar surface area (TPSA) is 79.1 Å². The van der Waals surface area contributed by atoms with Gasteiger partial charge in [-0.25, -0.2) is 0 Å². The van der Waals surface area contributed by atoms with Crippen LogP contribution in [-0.4, -0.2) is 25.2 Å². The summed E-state index contributed by atoms with van der Waals surface area (Å²) in [7, 11) is 0. The molecular formula is C4H4N3O2. The second kappa shape index (κ2) is 1.85. The van der Waals surface area contributed by atoms with E-state index >= 15 is 0 Å². The third-order valence-corrected chi connectivity index (χ3v) is 0.658. The number of aromatic hydroxyl groups is 2. The largest absolute Gasteiger partial charge is 0.479 e. The van der Waals surface area contributed by atoms with E-state index in [1.165, 1.54) is 0 Å². The van der Waals surface area contributed by atoms with Gasteiger partial charge >= 0.3 is 12.0 Å². The molecule has 5 heteroatoms. The van der Waals surface area contributed by atoms with Gasteiger partial charge in [0.1, 0.15) is 5.82 Å². The Bertz CT molecular complexity index is 175. The third-order valence-electron chi connectivity index (χ3n) is 0.658. The average Bonchev–Trinajstić information content (AvgIpc) is 1.59. The summed E-state index contributed by atoms with van der Waals surface area (Å²) in [6, 6.07) is -1.04. The number of hydrogen-bond acceptors (Lipinski definition) is 5. The Morgan fingerprint density at radius 2 is 1.44 bits per heavy atom. The molecule has 1 heterocycles. The molecule has 0 spiro atoms. The summed E-state index contributed by atoms with van der Waals surface area (Å²) in [5.74, 6) is 0.0417. The second-order valence-electron chi connectivity index (χ2n) is 1.35. The molecule has 0 atom stereocenters. The zero-order chi connectivity index (χ0) is 6.85. The van der Waals surface area contributed by atoms with Crippen LogP contribution in [0.2, 0.25) is 0 Å². The fourth-order valence-corrected chi connectivity index (χ4v) is 0.395. The average molecular weight is 126 g/mol. The van der Waals surface area contributed by atoms with Crippen LogP contribution in [0.25, 0.3) is 0 Å². The summed E-state index contributed by atoms with van der Waals surface area (Å²) >= 11 is 0. The molecule has 0 aliphatic heterocycles. The van der Waals surface area contributed by atoms with E-state index < -0.39 is 12.0 Å². The molecule has 0 saturated heterocycles. The molecule has 1 rings (SSSR count). The number of hydrogen-bond donors (Lipinski definition) is 2. The van der Waals surface area contributed by atoms with Crippen LogP contribution in [0.5, 0.6) is 12.0 Å². The van der Waals surface area contributed by atoms with Crippen molar-refractivity contribution in [3.05, 3.63) is 12.7 Å². The van der Waals surface area contributed by atoms with Gasteiger partial charge in [0, 0.05) is 6.92 Å². The van der Waals surface area contributed by atoms with Crippen molar-refractivity contribution in [2.24, 2.45) is 0 Å². The van der Waals surface area contributed by atoms with Crippen LogP contribution < -0.4 is 0 Å². The van der Waals surface area contributed by atoms with Crippen LogP contribution in [0.4, 0.5) is 0 Å². The molecule has 0 bridgehead atoms. The van der Waals surface area contributed by atoms with E-state index in [4.69, 9.17) is 10.2 Å². The zero-order valence-corrected chi connectivity index (χ0v) is 4.44. The van der Waals surface area contributed by atoms with Gasteiger partial charge in [0.2, 0.25) is 0 Å². The third kappa shape index (κ3) is 1.25. The quantitative estimate of drug-likeness (QED) is 0.488. The van der Waals surface area contributed by atoms with Gasteiger partial charge in [-0.15, -0.1) is 4.98 Å². The minimum Gasteiger partial charge on any atom is -0.479 e. The maximum atomic E-state index is 8.53. The van der Waals surface area contributed by atoms with Gasteiger partial charge in [0.05, 0.1) is 0 Å². The van der Waals surface area contributed by atoms with Crippen molar-refractivity contribution in [1.29, 1.82) is 0 Å². The maximum absolute atomic E-state index is 8.53. The molecule has 0 aliphatic rings. The van der Waals surface area contributed by atoms with Crippen molar-refractivity contribution in [3.63, 3.8) is 0 Å². The van der Waals surface area contributed by atoms with Crippen LogP contribution in [0.1, 0.15) is 5.82 Å². The van der Waals surface area contributed by atoms with E-state index in [9.17, 15) is 0 Å². The van der Waals surface area contributed by atoms with Gasteiger partial charge in [0.15, 0.2) is 0 Å². The van der Waals surface area contributed by atoms with Crippen molar-refractivity contribution in [1.82, 2.24) is 15.0 Å². The first kappa shape index (κ1) is 5.74. The molecule has 1 aromatic heterocycles. The van der Waals surface area contributed by atoms with Crippen LogP contribution in [0, 0.1) is 6.92 Å². The highest BCUT2D eigenvalue weighted by Crippen LogP contribution is 2.03. The lowest BCUT2D eigenvalue weighted by atomic mass is 10.7.